The molecule has 1 N–H and O–H groups in total. The molecule has 1 aromatic rings. The standard InChI is InChI=1S/C14H19Cl2NO/c1-14(7-3-4-8-18-14)13(17-2)11-9-10(15)5-6-12(11)16/h5-6,9,13,17H,3-4,7-8H2,1-2H3. The summed E-state index contributed by atoms with van der Waals surface area (Å²) in [6.07, 6.45) is 3.35. The Morgan fingerprint density at radius 3 is 2.72 bits per heavy atom. The Labute approximate surface area is 119 Å². The highest BCUT2D eigenvalue weighted by Gasteiger charge is 2.37. The van der Waals surface area contributed by atoms with Gasteiger partial charge < -0.3 is 10.1 Å². The summed E-state index contributed by atoms with van der Waals surface area (Å²) >= 11 is 12.4. The molecule has 2 atom stereocenters. The third kappa shape index (κ3) is 2.83. The van der Waals surface area contributed by atoms with Gasteiger partial charge in [0.25, 0.3) is 0 Å². The topological polar surface area (TPSA) is 21.3 Å². The van der Waals surface area contributed by atoms with E-state index in [0.717, 1.165) is 30.0 Å². The Kier molecular flexibility index (Phi) is 4.54. The second-order valence-electron chi connectivity index (χ2n) is 5.01. The van der Waals surface area contributed by atoms with Gasteiger partial charge in [0.15, 0.2) is 0 Å². The molecule has 0 radical (unpaired) electrons. The van der Waals surface area contributed by atoms with Crippen LogP contribution in [0.1, 0.15) is 37.8 Å². The molecule has 0 aromatic heterocycles. The van der Waals surface area contributed by atoms with E-state index in [1.165, 1.54) is 6.42 Å². The molecule has 2 rings (SSSR count). The molecule has 1 aliphatic rings. The van der Waals surface area contributed by atoms with E-state index < -0.39 is 0 Å². The largest absolute Gasteiger partial charge is 0.373 e. The SMILES string of the molecule is CNC(c1cc(Cl)ccc1Cl)C1(C)CCCCO1. The fraction of sp³-hybridized carbons (Fsp3) is 0.571. The van der Waals surface area contributed by atoms with Crippen molar-refractivity contribution < 1.29 is 4.74 Å². The maximum atomic E-state index is 6.30. The first kappa shape index (κ1) is 14.1. The van der Waals surface area contributed by atoms with Gasteiger partial charge in [-0.2, -0.15) is 0 Å². The van der Waals surface area contributed by atoms with Gasteiger partial charge in [-0.1, -0.05) is 23.2 Å². The van der Waals surface area contributed by atoms with Crippen LogP contribution in [0.5, 0.6) is 0 Å². The van der Waals surface area contributed by atoms with E-state index in [0.29, 0.717) is 5.02 Å². The highest BCUT2D eigenvalue weighted by atomic mass is 35.5. The van der Waals surface area contributed by atoms with Gasteiger partial charge in [-0.15, -0.1) is 0 Å². The van der Waals surface area contributed by atoms with Crippen molar-refractivity contribution in [2.75, 3.05) is 13.7 Å². The van der Waals surface area contributed by atoms with Gasteiger partial charge in [-0.25, -0.2) is 0 Å². The minimum absolute atomic E-state index is 0.0593. The lowest BCUT2D eigenvalue weighted by Crippen LogP contribution is -2.45. The van der Waals surface area contributed by atoms with E-state index in [-0.39, 0.29) is 11.6 Å². The van der Waals surface area contributed by atoms with Crippen LogP contribution in [0.4, 0.5) is 0 Å². The predicted molar refractivity (Wildman–Crippen MR) is 76.5 cm³/mol. The summed E-state index contributed by atoms with van der Waals surface area (Å²) in [5, 5.41) is 4.76. The second kappa shape index (κ2) is 5.79. The molecule has 1 saturated heterocycles. The van der Waals surface area contributed by atoms with Crippen LogP contribution in [0, 0.1) is 0 Å². The number of ether oxygens (including phenoxy) is 1. The minimum atomic E-state index is -0.221. The Balaban J connectivity index is 2.35. The van der Waals surface area contributed by atoms with E-state index in [9.17, 15) is 0 Å². The van der Waals surface area contributed by atoms with Crippen molar-refractivity contribution >= 4 is 23.2 Å². The summed E-state index contributed by atoms with van der Waals surface area (Å²) in [5.74, 6) is 0. The molecule has 0 bridgehead atoms. The Morgan fingerprint density at radius 2 is 2.11 bits per heavy atom. The van der Waals surface area contributed by atoms with Crippen LogP contribution in [0.3, 0.4) is 0 Å². The van der Waals surface area contributed by atoms with E-state index in [1.807, 2.05) is 25.2 Å². The zero-order chi connectivity index (χ0) is 13.2. The van der Waals surface area contributed by atoms with Crippen molar-refractivity contribution in [2.24, 2.45) is 0 Å². The number of likely N-dealkylation sites (N-methyl/N-ethyl adjacent to an activating group) is 1. The lowest BCUT2D eigenvalue weighted by atomic mass is 9.84. The zero-order valence-electron chi connectivity index (χ0n) is 10.8. The average Bonchev–Trinajstić information content (AvgIpc) is 2.35. The van der Waals surface area contributed by atoms with Crippen LogP contribution < -0.4 is 5.32 Å². The molecule has 1 fully saturated rings. The van der Waals surface area contributed by atoms with Crippen molar-refractivity contribution in [1.82, 2.24) is 5.32 Å². The number of hydrogen-bond acceptors (Lipinski definition) is 2. The Morgan fingerprint density at radius 1 is 1.33 bits per heavy atom. The lowest BCUT2D eigenvalue weighted by Gasteiger charge is -2.41. The summed E-state index contributed by atoms with van der Waals surface area (Å²) in [7, 11) is 1.94. The molecule has 4 heteroatoms. The Hall–Kier alpha value is -0.280. The van der Waals surface area contributed by atoms with Crippen LogP contribution in [0.25, 0.3) is 0 Å². The fourth-order valence-corrected chi connectivity index (χ4v) is 3.12. The van der Waals surface area contributed by atoms with Gasteiger partial charge in [0.05, 0.1) is 11.6 Å². The molecule has 1 heterocycles. The summed E-state index contributed by atoms with van der Waals surface area (Å²) in [6.45, 7) is 2.96. The number of rotatable bonds is 3. The van der Waals surface area contributed by atoms with Gasteiger partial charge >= 0.3 is 0 Å². The van der Waals surface area contributed by atoms with Crippen molar-refractivity contribution in [3.05, 3.63) is 33.8 Å². The molecule has 0 saturated carbocycles. The smallest absolute Gasteiger partial charge is 0.0848 e. The number of nitrogens with one attached hydrogen (secondary N) is 1. The monoisotopic (exact) mass is 287 g/mol. The number of halogens is 2. The van der Waals surface area contributed by atoms with Gasteiger partial charge in [0.1, 0.15) is 0 Å². The van der Waals surface area contributed by atoms with Crippen molar-refractivity contribution in [2.45, 2.75) is 37.8 Å². The molecular weight excluding hydrogens is 269 g/mol. The van der Waals surface area contributed by atoms with Gasteiger partial charge in [-0.05, 0) is 57.0 Å². The van der Waals surface area contributed by atoms with Gasteiger partial charge in [-0.3, -0.25) is 0 Å². The van der Waals surface area contributed by atoms with Gasteiger partial charge in [0.2, 0.25) is 0 Å². The normalized spacial score (nSPS) is 26.0. The van der Waals surface area contributed by atoms with Crippen molar-refractivity contribution in [3.63, 3.8) is 0 Å². The minimum Gasteiger partial charge on any atom is -0.373 e. The lowest BCUT2D eigenvalue weighted by molar-refractivity contribution is -0.0884. The van der Waals surface area contributed by atoms with Crippen LogP contribution in [-0.4, -0.2) is 19.3 Å². The molecule has 2 nitrogen and oxygen atoms in total. The molecule has 0 amide bonds. The number of benzene rings is 1. The maximum absolute atomic E-state index is 6.30. The third-order valence-corrected chi connectivity index (χ3v) is 4.25. The summed E-state index contributed by atoms with van der Waals surface area (Å²) in [6, 6.07) is 5.64. The molecular formula is C14H19Cl2NO. The third-order valence-electron chi connectivity index (χ3n) is 3.67. The van der Waals surface area contributed by atoms with Crippen LogP contribution in [-0.2, 0) is 4.74 Å². The molecule has 18 heavy (non-hydrogen) atoms. The van der Waals surface area contributed by atoms with Crippen LogP contribution in [0.15, 0.2) is 18.2 Å². The van der Waals surface area contributed by atoms with Crippen molar-refractivity contribution in [3.8, 4) is 0 Å². The highest BCUT2D eigenvalue weighted by molar-refractivity contribution is 6.33. The second-order valence-corrected chi connectivity index (χ2v) is 5.85. The molecule has 0 spiro atoms. The first-order valence-electron chi connectivity index (χ1n) is 6.33. The molecule has 0 aliphatic carbocycles. The summed E-state index contributed by atoms with van der Waals surface area (Å²) in [4.78, 5) is 0. The summed E-state index contributed by atoms with van der Waals surface area (Å²) in [5.41, 5.74) is 0.789. The molecule has 1 aliphatic heterocycles. The fourth-order valence-electron chi connectivity index (χ4n) is 2.71. The molecule has 1 aromatic carbocycles. The molecule has 2 unspecified atom stereocenters. The maximum Gasteiger partial charge on any atom is 0.0848 e. The van der Waals surface area contributed by atoms with E-state index >= 15 is 0 Å². The number of hydrogen-bond donors (Lipinski definition) is 1. The van der Waals surface area contributed by atoms with E-state index in [1.54, 1.807) is 0 Å². The van der Waals surface area contributed by atoms with Crippen LogP contribution in [0.2, 0.25) is 10.0 Å². The predicted octanol–water partition coefficient (Wildman–Crippen LogP) is 4.21. The zero-order valence-corrected chi connectivity index (χ0v) is 12.3. The molecule has 100 valence electrons. The van der Waals surface area contributed by atoms with E-state index in [2.05, 4.69) is 12.2 Å². The first-order valence-corrected chi connectivity index (χ1v) is 7.08. The van der Waals surface area contributed by atoms with Crippen LogP contribution >= 0.6 is 23.2 Å². The first-order chi connectivity index (χ1) is 8.57. The average molecular weight is 288 g/mol. The van der Waals surface area contributed by atoms with E-state index in [4.69, 9.17) is 27.9 Å². The van der Waals surface area contributed by atoms with Gasteiger partial charge in [0, 0.05) is 16.7 Å². The Bertz CT molecular complexity index is 416. The summed E-state index contributed by atoms with van der Waals surface area (Å²) < 4.78 is 6.00. The van der Waals surface area contributed by atoms with Crippen molar-refractivity contribution in [1.29, 1.82) is 0 Å². The quantitative estimate of drug-likeness (QED) is 0.899. The highest BCUT2D eigenvalue weighted by Crippen LogP contribution is 2.39.